The van der Waals surface area contributed by atoms with E-state index in [-0.39, 0.29) is 17.1 Å². The Morgan fingerprint density at radius 1 is 0.585 bits per heavy atom. The van der Waals surface area contributed by atoms with Crippen LogP contribution >= 0.6 is 0 Å². The molecule has 0 bridgehead atoms. The van der Waals surface area contributed by atoms with Crippen LogP contribution in [0.15, 0.2) is 52.4 Å². The molecule has 224 valence electrons. The Hall–Kier alpha value is -2.12. The molecule has 3 rings (SSSR count). The summed E-state index contributed by atoms with van der Waals surface area (Å²) >= 11 is 0. The molecule has 0 aliphatic carbocycles. The molecular weight excluding hydrogens is 574 g/mol. The van der Waals surface area contributed by atoms with Crippen molar-refractivity contribution in [1.82, 2.24) is 4.98 Å². The third kappa shape index (κ3) is 15.6. The van der Waals surface area contributed by atoms with Gasteiger partial charge in [-0.15, -0.1) is 16.1 Å². The largest absolute Gasteiger partial charge is 2.00 e. The number of hydrogen-bond donors (Lipinski definition) is 0. The van der Waals surface area contributed by atoms with E-state index in [1.807, 2.05) is 32.0 Å². The van der Waals surface area contributed by atoms with Crippen molar-refractivity contribution in [3.8, 4) is 0 Å². The summed E-state index contributed by atoms with van der Waals surface area (Å²) in [7, 11) is -1.72. The molecule has 0 fully saturated rings. The molecule has 0 spiro atoms. The average Bonchev–Trinajstić information content (AvgIpc) is 2.76. The molecule has 0 saturated carbocycles. The fraction of sp³-hybridized carbons (Fsp3) is 0.400. The second kappa shape index (κ2) is 16.5. The number of aliphatic imine (C=N–C) groups is 2. The molecule has 0 radical (unpaired) electrons. The van der Waals surface area contributed by atoms with Gasteiger partial charge in [-0.05, 0) is 89.8 Å². The van der Waals surface area contributed by atoms with Crippen LogP contribution in [0.2, 0.25) is 39.3 Å². The predicted octanol–water partition coefficient (Wildman–Crippen LogP) is 10.6. The first kappa shape index (κ1) is 38.9. The van der Waals surface area contributed by atoms with Gasteiger partial charge >= 0.3 is 17.1 Å². The number of nitrogens with zero attached hydrogens (tertiary/aromatic N) is 3. The van der Waals surface area contributed by atoms with Gasteiger partial charge in [0, 0.05) is 0 Å². The first-order chi connectivity index (χ1) is 18.2. The van der Waals surface area contributed by atoms with Gasteiger partial charge in [0.15, 0.2) is 0 Å². The quantitative estimate of drug-likeness (QED) is 0.161. The molecular formula is C35H53FeN3Si2. The second-order valence-electron chi connectivity index (χ2n) is 13.4. The fourth-order valence-electron chi connectivity index (χ4n) is 3.99. The maximum Gasteiger partial charge on any atom is 2.00 e. The minimum Gasteiger partial charge on any atom is -0.342 e. The Labute approximate surface area is 264 Å². The van der Waals surface area contributed by atoms with E-state index in [4.69, 9.17) is 15.0 Å². The average molecular weight is 628 g/mol. The zero-order chi connectivity index (χ0) is 31.0. The zero-order valence-electron chi connectivity index (χ0n) is 28.2. The molecule has 0 unspecified atom stereocenters. The molecule has 0 saturated heterocycles. The molecule has 3 nitrogen and oxygen atoms in total. The summed E-state index contributed by atoms with van der Waals surface area (Å²) in [4.78, 5) is 14.7. The third-order valence-electron chi connectivity index (χ3n) is 5.32. The Bertz CT molecular complexity index is 1200. The van der Waals surface area contributed by atoms with Gasteiger partial charge in [-0.25, -0.2) is 4.98 Å². The summed E-state index contributed by atoms with van der Waals surface area (Å²) < 4.78 is 0. The number of hydrogen-bond acceptors (Lipinski definition) is 3. The van der Waals surface area contributed by atoms with E-state index in [1.54, 1.807) is 0 Å². The molecule has 0 aliphatic heterocycles. The molecule has 3 aromatic rings. The van der Waals surface area contributed by atoms with E-state index in [1.165, 1.54) is 33.4 Å². The van der Waals surface area contributed by atoms with Gasteiger partial charge in [-0.1, -0.05) is 80.7 Å². The summed E-state index contributed by atoms with van der Waals surface area (Å²) in [6.45, 7) is 37.8. The minimum absolute atomic E-state index is 0. The smallest absolute Gasteiger partial charge is 0.342 e. The van der Waals surface area contributed by atoms with Crippen molar-refractivity contribution in [3.63, 3.8) is 0 Å². The summed E-state index contributed by atoms with van der Waals surface area (Å²) in [6.07, 6.45) is 0. The van der Waals surface area contributed by atoms with Gasteiger partial charge in [0.2, 0.25) is 0 Å². The molecule has 6 heteroatoms. The number of aryl methyl sites for hydroxylation is 6. The van der Waals surface area contributed by atoms with Crippen LogP contribution in [0.5, 0.6) is 0 Å². The second-order valence-corrected chi connectivity index (χ2v) is 23.7. The molecule has 0 atom stereocenters. The van der Waals surface area contributed by atoms with Crippen LogP contribution in [-0.2, 0) is 17.1 Å². The van der Waals surface area contributed by atoms with Crippen LogP contribution in [0, 0.1) is 54.6 Å². The number of pyridine rings is 1. The predicted molar refractivity (Wildman–Crippen MR) is 187 cm³/mol. The topological polar surface area (TPSA) is 37.6 Å². The van der Waals surface area contributed by atoms with Gasteiger partial charge < -0.3 is 13.1 Å². The van der Waals surface area contributed by atoms with Crippen LogP contribution in [-0.4, -0.2) is 32.6 Å². The Kier molecular flexibility index (Phi) is 15.7. The normalized spacial score (nSPS) is 12.0. The Morgan fingerprint density at radius 2 is 0.829 bits per heavy atom. The SMILES string of the molecule is CC(=Nc1c(C)cc(C)cc1C)c1cccc(C(C)=Nc2c(C)cc(C)cc2C)n1.[CH2-][Si](C)(C)C.[CH2-][Si](C)(C)C.[Fe+2]. The maximum atomic E-state index is 4.91. The van der Waals surface area contributed by atoms with Crippen LogP contribution in [0.25, 0.3) is 0 Å². The molecule has 41 heavy (non-hydrogen) atoms. The summed E-state index contributed by atoms with van der Waals surface area (Å²) in [5, 5.41) is 0. The molecule has 1 aromatic heterocycles. The first-order valence-electron chi connectivity index (χ1n) is 14.1. The summed E-state index contributed by atoms with van der Waals surface area (Å²) in [5.74, 6) is 0. The van der Waals surface area contributed by atoms with Gasteiger partial charge in [-0.3, -0.25) is 9.98 Å². The maximum absolute atomic E-state index is 4.91. The monoisotopic (exact) mass is 627 g/mol. The van der Waals surface area contributed by atoms with Crippen LogP contribution in [0.1, 0.15) is 58.6 Å². The van der Waals surface area contributed by atoms with Crippen molar-refractivity contribution in [1.29, 1.82) is 0 Å². The van der Waals surface area contributed by atoms with E-state index < -0.39 is 16.1 Å². The van der Waals surface area contributed by atoms with E-state index >= 15 is 0 Å². The number of benzene rings is 2. The fourth-order valence-corrected chi connectivity index (χ4v) is 3.99. The number of aromatic nitrogens is 1. The first-order valence-corrected chi connectivity index (χ1v) is 21.5. The number of rotatable bonds is 4. The van der Waals surface area contributed by atoms with Gasteiger partial charge in [0.25, 0.3) is 0 Å². The van der Waals surface area contributed by atoms with E-state index in [0.717, 1.165) is 34.2 Å². The van der Waals surface area contributed by atoms with Gasteiger partial charge in [0.1, 0.15) is 0 Å². The molecule has 0 N–H and O–H groups in total. The van der Waals surface area contributed by atoms with Crippen molar-refractivity contribution in [2.45, 2.75) is 94.7 Å². The van der Waals surface area contributed by atoms with Crippen molar-refractivity contribution in [2.75, 3.05) is 0 Å². The van der Waals surface area contributed by atoms with Crippen LogP contribution < -0.4 is 0 Å². The Morgan fingerprint density at radius 3 is 1.07 bits per heavy atom. The van der Waals surface area contributed by atoms with Crippen LogP contribution in [0.4, 0.5) is 11.4 Å². The van der Waals surface area contributed by atoms with E-state index in [2.05, 4.69) is 118 Å². The molecule has 0 amide bonds. The van der Waals surface area contributed by atoms with Crippen molar-refractivity contribution in [2.24, 2.45) is 9.98 Å². The van der Waals surface area contributed by atoms with Crippen molar-refractivity contribution >= 4 is 38.9 Å². The third-order valence-corrected chi connectivity index (χ3v) is 5.32. The van der Waals surface area contributed by atoms with Gasteiger partial charge in [-0.2, -0.15) is 0 Å². The molecule has 2 aromatic carbocycles. The molecule has 0 aliphatic rings. The van der Waals surface area contributed by atoms with Gasteiger partial charge in [0.05, 0.1) is 34.2 Å². The molecule has 1 heterocycles. The Balaban J connectivity index is 0.00000125. The standard InChI is InChI=1S/C27H31N3.2C4H11Si.Fe/c1-16-12-18(3)26(19(4)13-16)28-22(7)24-10-9-11-25(30-24)23(8)29-27-20(5)14-17(2)15-21(27)6;2*1-5(2,3)4;/h9-15H,1-8H3;2*1H2,2-4H3;/q;2*-1;+2. The summed E-state index contributed by atoms with van der Waals surface area (Å²) in [5.41, 5.74) is 12.9. The van der Waals surface area contributed by atoms with Crippen LogP contribution in [0.3, 0.4) is 0 Å². The summed E-state index contributed by atoms with van der Waals surface area (Å²) in [6, 6.07) is 14.7. The van der Waals surface area contributed by atoms with Crippen molar-refractivity contribution in [3.05, 3.63) is 100 Å². The zero-order valence-corrected chi connectivity index (χ0v) is 31.3. The minimum atomic E-state index is -0.861. The van der Waals surface area contributed by atoms with E-state index in [0.29, 0.717) is 0 Å². The van der Waals surface area contributed by atoms with E-state index in [9.17, 15) is 0 Å². The van der Waals surface area contributed by atoms with Crippen molar-refractivity contribution < 1.29 is 17.1 Å².